The van der Waals surface area contributed by atoms with E-state index in [0.29, 0.717) is 18.1 Å². The van der Waals surface area contributed by atoms with Crippen LogP contribution in [0, 0.1) is 6.92 Å². The first-order valence-corrected chi connectivity index (χ1v) is 5.95. The van der Waals surface area contributed by atoms with E-state index in [0.717, 1.165) is 11.1 Å². The summed E-state index contributed by atoms with van der Waals surface area (Å²) in [6, 6.07) is 7.10. The number of hydrogen-bond donors (Lipinski definition) is 1. The van der Waals surface area contributed by atoms with Gasteiger partial charge in [0.25, 0.3) is 0 Å². The third kappa shape index (κ3) is 3.38. The van der Waals surface area contributed by atoms with E-state index in [-0.39, 0.29) is 5.78 Å². The number of rotatable bonds is 4. The van der Waals surface area contributed by atoms with Crippen molar-refractivity contribution in [3.8, 4) is 11.4 Å². The minimum atomic E-state index is -0.454. The number of benzene rings is 1. The molecule has 0 saturated heterocycles. The Morgan fingerprint density at radius 2 is 1.74 bits per heavy atom. The Morgan fingerprint density at radius 3 is 2.26 bits per heavy atom. The lowest BCUT2D eigenvalue weighted by Gasteiger charge is -2.07. The maximum absolute atomic E-state index is 11.1. The van der Waals surface area contributed by atoms with Crippen molar-refractivity contribution in [3.63, 3.8) is 0 Å². The second-order valence-electron chi connectivity index (χ2n) is 4.39. The van der Waals surface area contributed by atoms with Crippen LogP contribution in [0.15, 0.2) is 24.3 Å². The number of aryl methyl sites for hydroxylation is 1. The van der Waals surface area contributed by atoms with E-state index in [1.807, 2.05) is 24.3 Å². The molecule has 2 aromatic rings. The average Bonchev–Trinajstić information content (AvgIpc) is 2.40. The summed E-state index contributed by atoms with van der Waals surface area (Å²) in [5.41, 5.74) is 7.55. The van der Waals surface area contributed by atoms with Gasteiger partial charge >= 0.3 is 0 Å². The monoisotopic (exact) mass is 257 g/mol. The first-order valence-electron chi connectivity index (χ1n) is 5.95. The largest absolute Gasteiger partial charge is 0.321 e. The van der Waals surface area contributed by atoms with Crippen LogP contribution < -0.4 is 5.73 Å². The molecule has 0 aliphatic carbocycles. The van der Waals surface area contributed by atoms with Crippen molar-refractivity contribution in [2.24, 2.45) is 5.73 Å². The van der Waals surface area contributed by atoms with Crippen molar-refractivity contribution in [1.82, 2.24) is 20.4 Å². The smallest absolute Gasteiger partial charge is 0.203 e. The summed E-state index contributed by atoms with van der Waals surface area (Å²) >= 11 is 0. The maximum Gasteiger partial charge on any atom is 0.203 e. The van der Waals surface area contributed by atoms with Crippen molar-refractivity contribution < 1.29 is 4.79 Å². The Hall–Kier alpha value is -2.21. The van der Waals surface area contributed by atoms with Crippen LogP contribution in [-0.2, 0) is 11.2 Å². The van der Waals surface area contributed by atoms with Gasteiger partial charge in [0.1, 0.15) is 5.78 Å². The van der Waals surface area contributed by atoms with Gasteiger partial charge in [0.05, 0.1) is 6.04 Å². The summed E-state index contributed by atoms with van der Waals surface area (Å²) in [4.78, 5) is 11.1. The van der Waals surface area contributed by atoms with Crippen LogP contribution in [0.1, 0.15) is 18.3 Å². The van der Waals surface area contributed by atoms with Gasteiger partial charge in [-0.05, 0) is 25.8 Å². The van der Waals surface area contributed by atoms with Gasteiger partial charge < -0.3 is 5.73 Å². The highest BCUT2D eigenvalue weighted by Crippen LogP contribution is 2.14. The Kier molecular flexibility index (Phi) is 3.91. The van der Waals surface area contributed by atoms with Crippen LogP contribution in [0.3, 0.4) is 0 Å². The van der Waals surface area contributed by atoms with Gasteiger partial charge in [-0.1, -0.05) is 24.3 Å². The number of aromatic nitrogens is 4. The van der Waals surface area contributed by atoms with Crippen LogP contribution in [-0.4, -0.2) is 32.2 Å². The zero-order valence-electron chi connectivity index (χ0n) is 10.9. The summed E-state index contributed by atoms with van der Waals surface area (Å²) in [6.45, 7) is 3.23. The SMILES string of the molecule is CC(=O)C(N)Cc1ccc(-c2nnc(C)nn2)cc1. The number of Topliss-reactive ketones (excluding diaryl/α,β-unsaturated/α-hetero) is 1. The first-order chi connectivity index (χ1) is 9.06. The number of nitrogens with zero attached hydrogens (tertiary/aromatic N) is 4. The molecule has 1 aromatic carbocycles. The van der Waals surface area contributed by atoms with E-state index in [1.54, 1.807) is 6.92 Å². The van der Waals surface area contributed by atoms with Gasteiger partial charge in [-0.15, -0.1) is 20.4 Å². The molecule has 0 radical (unpaired) electrons. The van der Waals surface area contributed by atoms with E-state index in [9.17, 15) is 4.79 Å². The number of hydrogen-bond acceptors (Lipinski definition) is 6. The topological polar surface area (TPSA) is 94.7 Å². The standard InChI is InChI=1S/C13H15N5O/c1-8(19)12(14)7-10-3-5-11(6-4-10)13-17-15-9(2)16-18-13/h3-6,12H,7,14H2,1-2H3. The molecule has 19 heavy (non-hydrogen) atoms. The Labute approximate surface area is 111 Å². The van der Waals surface area contributed by atoms with E-state index < -0.39 is 6.04 Å². The average molecular weight is 257 g/mol. The molecule has 0 fully saturated rings. The predicted octanol–water partition coefficient (Wildman–Crippen LogP) is 0.701. The van der Waals surface area contributed by atoms with Gasteiger partial charge in [-0.25, -0.2) is 0 Å². The number of ketones is 1. The quantitative estimate of drug-likeness (QED) is 0.866. The van der Waals surface area contributed by atoms with E-state index in [2.05, 4.69) is 20.4 Å². The van der Waals surface area contributed by atoms with Crippen molar-refractivity contribution in [2.45, 2.75) is 26.3 Å². The summed E-state index contributed by atoms with van der Waals surface area (Å²) < 4.78 is 0. The normalized spacial score (nSPS) is 12.2. The van der Waals surface area contributed by atoms with Gasteiger partial charge in [0.15, 0.2) is 5.82 Å². The van der Waals surface area contributed by atoms with Crippen molar-refractivity contribution >= 4 is 5.78 Å². The van der Waals surface area contributed by atoms with Crippen molar-refractivity contribution in [1.29, 1.82) is 0 Å². The van der Waals surface area contributed by atoms with Crippen LogP contribution in [0.5, 0.6) is 0 Å². The van der Waals surface area contributed by atoms with Crippen LogP contribution in [0.2, 0.25) is 0 Å². The summed E-state index contributed by atoms with van der Waals surface area (Å²) in [6.07, 6.45) is 0.529. The lowest BCUT2D eigenvalue weighted by molar-refractivity contribution is -0.118. The molecule has 1 aromatic heterocycles. The Balaban J connectivity index is 2.14. The van der Waals surface area contributed by atoms with E-state index >= 15 is 0 Å². The fourth-order valence-corrected chi connectivity index (χ4v) is 1.58. The minimum absolute atomic E-state index is 0.0145. The summed E-state index contributed by atoms with van der Waals surface area (Å²) in [5, 5.41) is 15.7. The summed E-state index contributed by atoms with van der Waals surface area (Å²) in [5.74, 6) is 1.00. The van der Waals surface area contributed by atoms with Crippen molar-refractivity contribution in [3.05, 3.63) is 35.7 Å². The highest BCUT2D eigenvalue weighted by atomic mass is 16.1. The third-order valence-electron chi connectivity index (χ3n) is 2.77. The van der Waals surface area contributed by atoms with Gasteiger partial charge in [-0.2, -0.15) is 0 Å². The summed E-state index contributed by atoms with van der Waals surface area (Å²) in [7, 11) is 0. The molecular weight excluding hydrogens is 242 g/mol. The molecule has 0 amide bonds. The van der Waals surface area contributed by atoms with Crippen molar-refractivity contribution in [2.75, 3.05) is 0 Å². The van der Waals surface area contributed by atoms with Crippen LogP contribution >= 0.6 is 0 Å². The molecule has 6 heteroatoms. The third-order valence-corrected chi connectivity index (χ3v) is 2.77. The fourth-order valence-electron chi connectivity index (χ4n) is 1.58. The lowest BCUT2D eigenvalue weighted by atomic mass is 10.0. The van der Waals surface area contributed by atoms with Gasteiger partial charge in [-0.3, -0.25) is 4.79 Å². The molecule has 2 N–H and O–H groups in total. The molecule has 0 spiro atoms. The molecule has 1 atom stereocenters. The molecule has 2 rings (SSSR count). The number of carbonyl (C=O) groups is 1. The predicted molar refractivity (Wildman–Crippen MR) is 70.2 cm³/mol. The highest BCUT2D eigenvalue weighted by molar-refractivity contribution is 5.81. The second-order valence-corrected chi connectivity index (χ2v) is 4.39. The zero-order chi connectivity index (χ0) is 13.8. The molecule has 1 unspecified atom stereocenters. The van der Waals surface area contributed by atoms with E-state index in [4.69, 9.17) is 5.73 Å². The molecule has 0 aliphatic rings. The molecule has 0 aliphatic heterocycles. The highest BCUT2D eigenvalue weighted by Gasteiger charge is 2.09. The molecule has 0 bridgehead atoms. The maximum atomic E-state index is 11.1. The van der Waals surface area contributed by atoms with Gasteiger partial charge in [0.2, 0.25) is 5.82 Å². The van der Waals surface area contributed by atoms with Gasteiger partial charge in [0, 0.05) is 5.56 Å². The van der Waals surface area contributed by atoms with Crippen LogP contribution in [0.4, 0.5) is 0 Å². The van der Waals surface area contributed by atoms with Crippen LogP contribution in [0.25, 0.3) is 11.4 Å². The Bertz CT molecular complexity index is 565. The molecule has 98 valence electrons. The zero-order valence-corrected chi connectivity index (χ0v) is 10.9. The molecule has 0 saturated carbocycles. The lowest BCUT2D eigenvalue weighted by Crippen LogP contribution is -2.30. The Morgan fingerprint density at radius 1 is 1.16 bits per heavy atom. The fraction of sp³-hybridized carbons (Fsp3) is 0.308. The minimum Gasteiger partial charge on any atom is -0.321 e. The van der Waals surface area contributed by atoms with E-state index in [1.165, 1.54) is 6.92 Å². The molecule has 1 heterocycles. The molecular formula is C13H15N5O. The molecule has 6 nitrogen and oxygen atoms in total. The number of nitrogens with two attached hydrogens (primary N) is 1. The first kappa shape index (κ1) is 13.2. The number of carbonyl (C=O) groups excluding carboxylic acids is 1. The second kappa shape index (κ2) is 5.62.